The van der Waals surface area contributed by atoms with E-state index in [9.17, 15) is 14.0 Å². The number of nitrogens with zero attached hydrogens (tertiary/aromatic N) is 3. The lowest BCUT2D eigenvalue weighted by Crippen LogP contribution is -2.25. The van der Waals surface area contributed by atoms with Crippen molar-refractivity contribution in [2.45, 2.75) is 13.1 Å². The van der Waals surface area contributed by atoms with Gasteiger partial charge < -0.3 is 14.6 Å². The molecule has 0 aliphatic carbocycles. The monoisotopic (exact) mass is 490 g/mol. The number of rotatable bonds is 6. The molecule has 9 heteroatoms. The highest BCUT2D eigenvalue weighted by Crippen LogP contribution is 2.27. The van der Waals surface area contributed by atoms with Crippen LogP contribution in [0.15, 0.2) is 77.9 Å². The van der Waals surface area contributed by atoms with Gasteiger partial charge in [-0.1, -0.05) is 41.9 Å². The summed E-state index contributed by atoms with van der Waals surface area (Å²) in [6, 6.07) is 18.4. The van der Waals surface area contributed by atoms with Crippen LogP contribution in [0.3, 0.4) is 0 Å². The van der Waals surface area contributed by atoms with E-state index >= 15 is 0 Å². The quantitative estimate of drug-likeness (QED) is 0.369. The van der Waals surface area contributed by atoms with Crippen molar-refractivity contribution < 1.29 is 13.9 Å². The van der Waals surface area contributed by atoms with Gasteiger partial charge in [-0.3, -0.25) is 14.2 Å². The zero-order valence-corrected chi connectivity index (χ0v) is 19.4. The molecule has 7 nitrogen and oxygen atoms in total. The van der Waals surface area contributed by atoms with Crippen molar-refractivity contribution in [3.8, 4) is 5.75 Å². The van der Waals surface area contributed by atoms with E-state index in [1.54, 1.807) is 41.0 Å². The summed E-state index contributed by atoms with van der Waals surface area (Å²) in [4.78, 5) is 31.1. The third-order valence-electron chi connectivity index (χ3n) is 5.77. The normalized spacial score (nSPS) is 11.2. The van der Waals surface area contributed by atoms with E-state index in [2.05, 4.69) is 10.3 Å². The number of amides is 1. The molecule has 0 aliphatic heterocycles. The van der Waals surface area contributed by atoms with E-state index in [0.717, 1.165) is 5.56 Å². The van der Waals surface area contributed by atoms with Gasteiger partial charge in [0.15, 0.2) is 0 Å². The van der Waals surface area contributed by atoms with Gasteiger partial charge in [-0.2, -0.15) is 0 Å². The Kier molecular flexibility index (Phi) is 5.96. The van der Waals surface area contributed by atoms with Crippen LogP contribution >= 0.6 is 11.6 Å². The first-order valence-corrected chi connectivity index (χ1v) is 11.2. The number of halogens is 2. The van der Waals surface area contributed by atoms with Gasteiger partial charge in [0.05, 0.1) is 31.2 Å². The summed E-state index contributed by atoms with van der Waals surface area (Å²) in [7, 11) is 1.51. The molecule has 0 aliphatic rings. The summed E-state index contributed by atoms with van der Waals surface area (Å²) in [5, 5.41) is 3.79. The lowest BCUT2D eigenvalue weighted by atomic mass is 10.2. The fraction of sp³-hybridized carbons (Fsp3) is 0.115. The van der Waals surface area contributed by atoms with Crippen LogP contribution in [0, 0.1) is 5.82 Å². The number of carbonyl (C=O) groups excluding carboxylic acids is 1. The average molecular weight is 491 g/mol. The van der Waals surface area contributed by atoms with Gasteiger partial charge in [-0.15, -0.1) is 0 Å². The molecular formula is C26H20ClFN4O3. The van der Waals surface area contributed by atoms with E-state index < -0.39 is 5.82 Å². The van der Waals surface area contributed by atoms with Crippen LogP contribution < -0.4 is 15.6 Å². The molecule has 176 valence electrons. The first-order chi connectivity index (χ1) is 17.0. The van der Waals surface area contributed by atoms with E-state index in [1.807, 2.05) is 18.2 Å². The lowest BCUT2D eigenvalue weighted by molar-refractivity contribution is -0.116. The van der Waals surface area contributed by atoms with Gasteiger partial charge in [0.25, 0.3) is 5.56 Å². The maximum atomic E-state index is 14.1. The summed E-state index contributed by atoms with van der Waals surface area (Å²) in [6.45, 7) is 0.0153. The number of fused-ring (bicyclic) bond motifs is 3. The van der Waals surface area contributed by atoms with Crippen LogP contribution in [-0.2, 0) is 17.9 Å². The Morgan fingerprint density at radius 2 is 1.89 bits per heavy atom. The highest BCUT2D eigenvalue weighted by atomic mass is 35.5. The molecule has 3 aromatic carbocycles. The van der Waals surface area contributed by atoms with E-state index in [4.69, 9.17) is 16.3 Å². The number of hydrogen-bond donors (Lipinski definition) is 1. The van der Waals surface area contributed by atoms with Crippen LogP contribution in [-0.4, -0.2) is 27.1 Å². The maximum Gasteiger partial charge on any atom is 0.278 e. The first kappa shape index (κ1) is 22.6. The van der Waals surface area contributed by atoms with Crippen molar-refractivity contribution in [2.75, 3.05) is 12.4 Å². The number of methoxy groups -OCH3 is 1. The van der Waals surface area contributed by atoms with Gasteiger partial charge in [-0.25, -0.2) is 9.37 Å². The molecule has 0 saturated heterocycles. The highest BCUT2D eigenvalue weighted by molar-refractivity contribution is 6.31. The van der Waals surface area contributed by atoms with Gasteiger partial charge in [-0.05, 0) is 42.0 Å². The molecule has 35 heavy (non-hydrogen) atoms. The second-order valence-electron chi connectivity index (χ2n) is 7.96. The second-order valence-corrected chi connectivity index (χ2v) is 8.37. The predicted molar refractivity (Wildman–Crippen MR) is 134 cm³/mol. The average Bonchev–Trinajstić information content (AvgIpc) is 3.15. The predicted octanol–water partition coefficient (Wildman–Crippen LogP) is 4.84. The number of nitrogens with one attached hydrogen (secondary N) is 1. The van der Waals surface area contributed by atoms with Crippen molar-refractivity contribution in [3.63, 3.8) is 0 Å². The van der Waals surface area contributed by atoms with Crippen molar-refractivity contribution in [1.29, 1.82) is 0 Å². The third-order valence-corrected chi connectivity index (χ3v) is 6.14. The molecule has 0 radical (unpaired) electrons. The van der Waals surface area contributed by atoms with E-state index in [0.29, 0.717) is 32.9 Å². The molecule has 0 saturated carbocycles. The highest BCUT2D eigenvalue weighted by Gasteiger charge is 2.20. The zero-order chi connectivity index (χ0) is 24.5. The fourth-order valence-corrected chi connectivity index (χ4v) is 4.34. The zero-order valence-electron chi connectivity index (χ0n) is 18.7. The van der Waals surface area contributed by atoms with Gasteiger partial charge in [0.2, 0.25) is 5.91 Å². The van der Waals surface area contributed by atoms with E-state index in [-0.39, 0.29) is 30.1 Å². The molecular weight excluding hydrogens is 471 g/mol. The Balaban J connectivity index is 1.61. The number of carbonyl (C=O) groups is 1. The van der Waals surface area contributed by atoms with Crippen molar-refractivity contribution in [1.82, 2.24) is 14.1 Å². The largest absolute Gasteiger partial charge is 0.495 e. The van der Waals surface area contributed by atoms with Crippen LogP contribution in [0.5, 0.6) is 5.75 Å². The number of benzene rings is 3. The van der Waals surface area contributed by atoms with Crippen LogP contribution in [0.2, 0.25) is 5.02 Å². The molecule has 0 unspecified atom stereocenters. The Hall–Kier alpha value is -4.17. The minimum atomic E-state index is -0.461. The SMILES string of the molecule is COc1ccccc1NC(=O)Cn1c2ccc(F)cc2c2ncn(Cc3ccccc3Cl)c(=O)c21. The van der Waals surface area contributed by atoms with Crippen LogP contribution in [0.25, 0.3) is 21.9 Å². The molecule has 0 bridgehead atoms. The third kappa shape index (κ3) is 4.24. The Labute approximate surface area is 204 Å². The van der Waals surface area contributed by atoms with Gasteiger partial charge in [0, 0.05) is 10.4 Å². The molecule has 0 spiro atoms. The van der Waals surface area contributed by atoms with Crippen molar-refractivity contribution >= 4 is 45.1 Å². The Bertz CT molecular complexity index is 1640. The van der Waals surface area contributed by atoms with Crippen molar-refractivity contribution in [2.24, 2.45) is 0 Å². The summed E-state index contributed by atoms with van der Waals surface area (Å²) in [6.07, 6.45) is 1.41. The minimum Gasteiger partial charge on any atom is -0.495 e. The van der Waals surface area contributed by atoms with Gasteiger partial charge in [0.1, 0.15) is 29.1 Å². The number of aromatic nitrogens is 3. The molecule has 5 aromatic rings. The van der Waals surface area contributed by atoms with Crippen molar-refractivity contribution in [3.05, 3.63) is 99.8 Å². The molecule has 1 amide bonds. The summed E-state index contributed by atoms with van der Waals surface area (Å²) in [5.74, 6) is -0.329. The van der Waals surface area contributed by atoms with Crippen LogP contribution in [0.4, 0.5) is 10.1 Å². The van der Waals surface area contributed by atoms with Crippen LogP contribution in [0.1, 0.15) is 5.56 Å². The second kappa shape index (κ2) is 9.23. The molecule has 5 rings (SSSR count). The fourth-order valence-electron chi connectivity index (χ4n) is 4.14. The maximum absolute atomic E-state index is 14.1. The number of para-hydroxylation sites is 2. The molecule has 2 heterocycles. The standard InChI is InChI=1S/C26H20ClFN4O3/c1-35-22-9-5-4-8-20(22)30-23(33)14-32-21-11-10-17(28)12-18(21)24-25(32)26(34)31(15-29-24)13-16-6-2-3-7-19(16)27/h2-12,15H,13-14H2,1H3,(H,30,33). The molecule has 1 N–H and O–H groups in total. The number of hydrogen-bond acceptors (Lipinski definition) is 4. The summed E-state index contributed by atoms with van der Waals surface area (Å²) >= 11 is 6.28. The Morgan fingerprint density at radius 1 is 1.11 bits per heavy atom. The summed E-state index contributed by atoms with van der Waals surface area (Å²) < 4.78 is 22.4. The Morgan fingerprint density at radius 3 is 2.69 bits per heavy atom. The molecule has 0 fully saturated rings. The van der Waals surface area contributed by atoms with Gasteiger partial charge >= 0.3 is 0 Å². The topological polar surface area (TPSA) is 78.2 Å². The lowest BCUT2D eigenvalue weighted by Gasteiger charge is -2.12. The minimum absolute atomic E-state index is 0.184. The number of anilines is 1. The summed E-state index contributed by atoms with van der Waals surface area (Å²) in [5.41, 5.74) is 1.94. The van der Waals surface area contributed by atoms with E-state index in [1.165, 1.54) is 30.1 Å². The first-order valence-electron chi connectivity index (χ1n) is 10.8. The molecule has 2 aromatic heterocycles. The molecule has 0 atom stereocenters. The number of ether oxygens (including phenoxy) is 1. The smallest absolute Gasteiger partial charge is 0.278 e.